The zero-order valence-electron chi connectivity index (χ0n) is 21.4. The van der Waals surface area contributed by atoms with Crippen LogP contribution in [0.15, 0.2) is 54.7 Å². The molecule has 2 fully saturated rings. The lowest BCUT2D eigenvalue weighted by Crippen LogP contribution is -2.49. The minimum absolute atomic E-state index is 0.0139. The van der Waals surface area contributed by atoms with Crippen molar-refractivity contribution in [2.45, 2.75) is 6.54 Å². The van der Waals surface area contributed by atoms with Crippen LogP contribution in [-0.2, 0) is 6.54 Å². The van der Waals surface area contributed by atoms with Crippen molar-refractivity contribution in [3.8, 4) is 12.1 Å². The third-order valence-corrected chi connectivity index (χ3v) is 7.62. The maximum Gasteiger partial charge on any atom is 0.256 e. The Morgan fingerprint density at radius 3 is 2.28 bits per heavy atom. The van der Waals surface area contributed by atoms with Crippen molar-refractivity contribution in [2.24, 2.45) is 0 Å². The first-order valence-electron chi connectivity index (χ1n) is 12.8. The van der Waals surface area contributed by atoms with Gasteiger partial charge in [0, 0.05) is 70.1 Å². The third kappa shape index (κ3) is 5.65. The van der Waals surface area contributed by atoms with E-state index in [1.807, 2.05) is 29.2 Å². The Kier molecular flexibility index (Phi) is 7.92. The van der Waals surface area contributed by atoms with E-state index in [0.717, 1.165) is 31.9 Å². The molecule has 198 valence electrons. The molecule has 10 heteroatoms. The zero-order chi connectivity index (χ0) is 27.4. The molecule has 1 amide bonds. The van der Waals surface area contributed by atoms with E-state index >= 15 is 0 Å². The van der Waals surface area contributed by atoms with Crippen molar-refractivity contribution in [1.82, 2.24) is 14.8 Å². The van der Waals surface area contributed by atoms with Gasteiger partial charge in [-0.2, -0.15) is 10.5 Å². The molecule has 8 nitrogen and oxygen atoms in total. The van der Waals surface area contributed by atoms with Gasteiger partial charge in [0.25, 0.3) is 5.91 Å². The Morgan fingerprint density at radius 1 is 0.897 bits per heavy atom. The minimum atomic E-state index is -0.634. The van der Waals surface area contributed by atoms with E-state index in [-0.39, 0.29) is 11.5 Å². The molecule has 2 aliphatic rings. The van der Waals surface area contributed by atoms with E-state index in [4.69, 9.17) is 11.6 Å². The molecule has 39 heavy (non-hydrogen) atoms. The lowest BCUT2D eigenvalue weighted by Gasteiger charge is -2.37. The van der Waals surface area contributed by atoms with Crippen LogP contribution in [-0.4, -0.2) is 73.0 Å². The van der Waals surface area contributed by atoms with Gasteiger partial charge in [-0.3, -0.25) is 9.69 Å². The monoisotopic (exact) mass is 543 g/mol. The first-order valence-corrected chi connectivity index (χ1v) is 13.2. The standard InChI is InChI=1S/C29H27ClFN7O/c30-25-17-26(31)24(29(39)38-14-12-37(13-15-38)28-22(19-33)5-3-7-34-28)16-23(25)20-35-8-10-36(11-9-35)27-6-2-1-4-21(27)18-32/h1-7,16-17H,8-15,20H2. The Hall–Kier alpha value is -4.18. The molecule has 2 aliphatic heterocycles. The largest absolute Gasteiger partial charge is 0.368 e. The smallest absolute Gasteiger partial charge is 0.256 e. The minimum Gasteiger partial charge on any atom is -0.368 e. The van der Waals surface area contributed by atoms with Crippen LogP contribution in [0.25, 0.3) is 0 Å². The number of benzene rings is 2. The van der Waals surface area contributed by atoms with Gasteiger partial charge in [-0.25, -0.2) is 9.37 Å². The molecule has 0 N–H and O–H groups in total. The number of halogens is 2. The predicted molar refractivity (Wildman–Crippen MR) is 147 cm³/mol. The van der Waals surface area contributed by atoms with E-state index in [1.54, 1.807) is 29.3 Å². The molecule has 3 aromatic rings. The Balaban J connectivity index is 1.23. The maximum absolute atomic E-state index is 14.9. The van der Waals surface area contributed by atoms with Crippen LogP contribution in [0, 0.1) is 28.5 Å². The van der Waals surface area contributed by atoms with E-state index in [2.05, 4.69) is 26.9 Å². The van der Waals surface area contributed by atoms with Gasteiger partial charge >= 0.3 is 0 Å². The quantitative estimate of drug-likeness (QED) is 0.482. The summed E-state index contributed by atoms with van der Waals surface area (Å²) >= 11 is 6.41. The Bertz CT molecular complexity index is 1450. The highest BCUT2D eigenvalue weighted by molar-refractivity contribution is 6.31. The van der Waals surface area contributed by atoms with Gasteiger partial charge in [0.2, 0.25) is 0 Å². The predicted octanol–water partition coefficient (Wildman–Crippen LogP) is 3.90. The topological polar surface area (TPSA) is 90.5 Å². The van der Waals surface area contributed by atoms with Crippen LogP contribution >= 0.6 is 11.6 Å². The van der Waals surface area contributed by atoms with Gasteiger partial charge in [-0.1, -0.05) is 23.7 Å². The molecule has 0 atom stereocenters. The number of hydrogen-bond donors (Lipinski definition) is 0. The van der Waals surface area contributed by atoms with Crippen LogP contribution in [0.4, 0.5) is 15.9 Å². The fraction of sp³-hybridized carbons (Fsp3) is 0.310. The SMILES string of the molecule is N#Cc1ccccc1N1CCN(Cc2cc(C(=O)N3CCN(c4ncccc4C#N)CC3)c(F)cc2Cl)CC1. The van der Waals surface area contributed by atoms with Crippen LogP contribution in [0.3, 0.4) is 0 Å². The first-order chi connectivity index (χ1) is 19.0. The van der Waals surface area contributed by atoms with E-state index in [0.29, 0.717) is 60.3 Å². The third-order valence-electron chi connectivity index (χ3n) is 7.27. The second-order valence-corrected chi connectivity index (χ2v) is 9.99. The van der Waals surface area contributed by atoms with Crippen LogP contribution < -0.4 is 9.80 Å². The van der Waals surface area contributed by atoms with Gasteiger partial charge in [-0.15, -0.1) is 0 Å². The van der Waals surface area contributed by atoms with Crippen LogP contribution in [0.5, 0.6) is 0 Å². The summed E-state index contributed by atoms with van der Waals surface area (Å²) in [5.41, 5.74) is 2.79. The number of hydrogen-bond acceptors (Lipinski definition) is 7. The first kappa shape index (κ1) is 26.4. The second kappa shape index (κ2) is 11.7. The molecule has 1 aromatic heterocycles. The molecule has 2 aromatic carbocycles. The molecule has 2 saturated heterocycles. The number of rotatable bonds is 5. The number of para-hydroxylation sites is 1. The second-order valence-electron chi connectivity index (χ2n) is 9.58. The molecule has 0 radical (unpaired) electrons. The average Bonchev–Trinajstić information content (AvgIpc) is 2.98. The molecule has 0 unspecified atom stereocenters. The van der Waals surface area contributed by atoms with Crippen molar-refractivity contribution >= 4 is 29.0 Å². The number of nitrogens with zero attached hydrogens (tertiary/aromatic N) is 7. The molecular formula is C29H27ClFN7O. The highest BCUT2D eigenvalue weighted by Gasteiger charge is 2.27. The summed E-state index contributed by atoms with van der Waals surface area (Å²) in [5.74, 6) is -0.404. The van der Waals surface area contributed by atoms with Crippen molar-refractivity contribution < 1.29 is 9.18 Å². The van der Waals surface area contributed by atoms with Crippen LogP contribution in [0.2, 0.25) is 5.02 Å². The lowest BCUT2D eigenvalue weighted by molar-refractivity contribution is 0.0741. The molecule has 0 bridgehead atoms. The summed E-state index contributed by atoms with van der Waals surface area (Å²) < 4.78 is 14.9. The Labute approximate surface area is 232 Å². The fourth-order valence-electron chi connectivity index (χ4n) is 5.14. The number of piperazine rings is 2. The van der Waals surface area contributed by atoms with Gasteiger partial charge in [0.1, 0.15) is 23.8 Å². The lowest BCUT2D eigenvalue weighted by atomic mass is 10.1. The average molecular weight is 544 g/mol. The van der Waals surface area contributed by atoms with Crippen LogP contribution in [0.1, 0.15) is 27.0 Å². The normalized spacial score (nSPS) is 16.1. The molecule has 0 aliphatic carbocycles. The molecule has 0 spiro atoms. The number of nitriles is 2. The molecule has 3 heterocycles. The highest BCUT2D eigenvalue weighted by Crippen LogP contribution is 2.26. The summed E-state index contributed by atoms with van der Waals surface area (Å²) in [4.78, 5) is 25.7. The molecule has 0 saturated carbocycles. The molecular weight excluding hydrogens is 517 g/mol. The highest BCUT2D eigenvalue weighted by atomic mass is 35.5. The summed E-state index contributed by atoms with van der Waals surface area (Å²) in [6.07, 6.45) is 1.64. The van der Waals surface area contributed by atoms with Crippen molar-refractivity contribution in [3.05, 3.63) is 87.8 Å². The number of pyridine rings is 1. The fourth-order valence-corrected chi connectivity index (χ4v) is 5.35. The summed E-state index contributed by atoms with van der Waals surface area (Å²) in [6, 6.07) is 18.2. The van der Waals surface area contributed by atoms with Gasteiger partial charge < -0.3 is 14.7 Å². The number of aromatic nitrogens is 1. The number of carbonyl (C=O) groups is 1. The van der Waals surface area contributed by atoms with E-state index in [9.17, 15) is 19.7 Å². The zero-order valence-corrected chi connectivity index (χ0v) is 22.1. The number of anilines is 2. The number of amides is 1. The van der Waals surface area contributed by atoms with Gasteiger partial charge in [0.05, 0.1) is 22.4 Å². The van der Waals surface area contributed by atoms with E-state index in [1.165, 1.54) is 6.07 Å². The summed E-state index contributed by atoms with van der Waals surface area (Å²) in [7, 11) is 0. The Morgan fingerprint density at radius 2 is 1.56 bits per heavy atom. The summed E-state index contributed by atoms with van der Waals surface area (Å²) in [5, 5.41) is 19.1. The number of carbonyl (C=O) groups excluding carboxylic acids is 1. The van der Waals surface area contributed by atoms with Crippen molar-refractivity contribution in [3.63, 3.8) is 0 Å². The van der Waals surface area contributed by atoms with Gasteiger partial charge in [0.15, 0.2) is 0 Å². The summed E-state index contributed by atoms with van der Waals surface area (Å²) in [6.45, 7) is 5.27. The molecule has 5 rings (SSSR count). The maximum atomic E-state index is 14.9. The van der Waals surface area contributed by atoms with Crippen molar-refractivity contribution in [1.29, 1.82) is 10.5 Å². The van der Waals surface area contributed by atoms with Crippen molar-refractivity contribution in [2.75, 3.05) is 62.2 Å². The van der Waals surface area contributed by atoms with E-state index < -0.39 is 5.82 Å². The van der Waals surface area contributed by atoms with Gasteiger partial charge in [-0.05, 0) is 42.0 Å².